The van der Waals surface area contributed by atoms with Crippen molar-refractivity contribution in [2.75, 3.05) is 32.7 Å². The summed E-state index contributed by atoms with van der Waals surface area (Å²) in [5.74, 6) is 0.494. The normalized spacial score (nSPS) is 22.7. The minimum atomic E-state index is -0.651. The molecule has 0 saturated carbocycles. The Morgan fingerprint density at radius 3 is 2.28 bits per heavy atom. The van der Waals surface area contributed by atoms with E-state index in [4.69, 9.17) is 0 Å². The number of β-amino-alcohol motifs (C(OH)–C–C–N with tert-alkyl or cyclic N) is 1. The molecule has 4 nitrogen and oxygen atoms in total. The molecule has 0 atom stereocenters. The molecule has 2 rings (SSSR count). The summed E-state index contributed by atoms with van der Waals surface area (Å²) in [6, 6.07) is 0. The molecule has 2 aliphatic rings. The topological polar surface area (TPSA) is 43.8 Å². The van der Waals surface area contributed by atoms with Gasteiger partial charge in [-0.1, -0.05) is 12.2 Å². The number of amides is 1. The predicted octanol–water partition coefficient (Wildman–Crippen LogP) is 0.868. The Balaban J connectivity index is 1.78. The maximum absolute atomic E-state index is 12.2. The van der Waals surface area contributed by atoms with E-state index in [2.05, 4.69) is 17.1 Å². The number of carbonyl (C=O) groups is 1. The molecule has 0 radical (unpaired) electrons. The molecular weight excluding hydrogens is 228 g/mol. The van der Waals surface area contributed by atoms with Crippen molar-refractivity contribution < 1.29 is 9.90 Å². The van der Waals surface area contributed by atoms with Gasteiger partial charge < -0.3 is 10.0 Å². The zero-order valence-corrected chi connectivity index (χ0v) is 11.4. The van der Waals surface area contributed by atoms with Gasteiger partial charge in [-0.2, -0.15) is 0 Å². The summed E-state index contributed by atoms with van der Waals surface area (Å²) in [5, 5.41) is 9.79. The second-order valence-electron chi connectivity index (χ2n) is 6.05. The van der Waals surface area contributed by atoms with Crippen molar-refractivity contribution in [1.29, 1.82) is 0 Å². The largest absolute Gasteiger partial charge is 0.389 e. The van der Waals surface area contributed by atoms with Crippen LogP contribution in [0.4, 0.5) is 0 Å². The molecule has 0 bridgehead atoms. The summed E-state index contributed by atoms with van der Waals surface area (Å²) >= 11 is 0. The molecule has 1 amide bonds. The van der Waals surface area contributed by atoms with Crippen molar-refractivity contribution in [3.05, 3.63) is 12.2 Å². The molecule has 1 saturated heterocycles. The second kappa shape index (κ2) is 5.41. The summed E-state index contributed by atoms with van der Waals surface area (Å²) in [7, 11) is 0. The maximum atomic E-state index is 12.2. The van der Waals surface area contributed by atoms with Crippen LogP contribution in [-0.2, 0) is 4.79 Å². The molecule has 0 unspecified atom stereocenters. The van der Waals surface area contributed by atoms with Crippen LogP contribution in [0.1, 0.15) is 26.7 Å². The first-order valence-electron chi connectivity index (χ1n) is 6.84. The summed E-state index contributed by atoms with van der Waals surface area (Å²) < 4.78 is 0. The van der Waals surface area contributed by atoms with E-state index in [-0.39, 0.29) is 5.92 Å². The molecule has 1 aliphatic heterocycles. The summed E-state index contributed by atoms with van der Waals surface area (Å²) in [6.07, 6.45) is 6.02. The van der Waals surface area contributed by atoms with Gasteiger partial charge in [-0.05, 0) is 26.7 Å². The molecule has 102 valence electrons. The predicted molar refractivity (Wildman–Crippen MR) is 71.2 cm³/mol. The first kappa shape index (κ1) is 13.6. The van der Waals surface area contributed by atoms with Crippen LogP contribution in [0.5, 0.6) is 0 Å². The van der Waals surface area contributed by atoms with Crippen LogP contribution in [0.2, 0.25) is 0 Å². The smallest absolute Gasteiger partial charge is 0.226 e. The molecule has 18 heavy (non-hydrogen) atoms. The lowest BCUT2D eigenvalue weighted by molar-refractivity contribution is -0.137. The number of aliphatic hydroxyl groups is 1. The minimum Gasteiger partial charge on any atom is -0.389 e. The first-order chi connectivity index (χ1) is 8.46. The highest BCUT2D eigenvalue weighted by atomic mass is 16.3. The average molecular weight is 252 g/mol. The van der Waals surface area contributed by atoms with E-state index < -0.39 is 5.60 Å². The summed E-state index contributed by atoms with van der Waals surface area (Å²) in [6.45, 7) is 7.67. The van der Waals surface area contributed by atoms with Crippen LogP contribution in [0.15, 0.2) is 12.2 Å². The third kappa shape index (κ3) is 3.56. The van der Waals surface area contributed by atoms with E-state index in [1.54, 1.807) is 0 Å². The van der Waals surface area contributed by atoms with Crippen molar-refractivity contribution >= 4 is 5.91 Å². The van der Waals surface area contributed by atoms with Crippen LogP contribution in [0.3, 0.4) is 0 Å². The van der Waals surface area contributed by atoms with Gasteiger partial charge in [0.15, 0.2) is 0 Å². The molecule has 0 spiro atoms. The number of rotatable bonds is 3. The Hall–Kier alpha value is -0.870. The van der Waals surface area contributed by atoms with Crippen molar-refractivity contribution in [3.63, 3.8) is 0 Å². The van der Waals surface area contributed by atoms with Crippen molar-refractivity contribution in [3.8, 4) is 0 Å². The fourth-order valence-corrected chi connectivity index (χ4v) is 2.75. The fourth-order valence-electron chi connectivity index (χ4n) is 2.75. The molecule has 1 fully saturated rings. The van der Waals surface area contributed by atoms with Crippen LogP contribution < -0.4 is 0 Å². The maximum Gasteiger partial charge on any atom is 0.226 e. The molecule has 1 N–H and O–H groups in total. The Morgan fingerprint density at radius 1 is 1.22 bits per heavy atom. The lowest BCUT2D eigenvalue weighted by Gasteiger charge is -2.38. The van der Waals surface area contributed by atoms with Gasteiger partial charge in [-0.25, -0.2) is 0 Å². The highest BCUT2D eigenvalue weighted by Crippen LogP contribution is 2.21. The van der Waals surface area contributed by atoms with E-state index >= 15 is 0 Å². The molecule has 0 aromatic carbocycles. The Morgan fingerprint density at radius 2 is 1.78 bits per heavy atom. The van der Waals surface area contributed by atoms with E-state index in [0.717, 1.165) is 39.0 Å². The first-order valence-corrected chi connectivity index (χ1v) is 6.84. The monoisotopic (exact) mass is 252 g/mol. The number of allylic oxidation sites excluding steroid dienone is 2. The van der Waals surface area contributed by atoms with Gasteiger partial charge in [0.1, 0.15) is 0 Å². The van der Waals surface area contributed by atoms with Gasteiger partial charge in [0.25, 0.3) is 0 Å². The van der Waals surface area contributed by atoms with Gasteiger partial charge in [-0.3, -0.25) is 9.69 Å². The number of hydrogen-bond donors (Lipinski definition) is 1. The molecule has 1 aliphatic carbocycles. The van der Waals surface area contributed by atoms with Crippen LogP contribution in [0, 0.1) is 5.92 Å². The standard InChI is InChI=1S/C14H24N2O2/c1-14(2,18)11-15-7-9-16(10-8-15)13(17)12-5-3-4-6-12/h3-4,12,18H,5-11H2,1-2H3. The third-order valence-electron chi connectivity index (χ3n) is 3.65. The summed E-state index contributed by atoms with van der Waals surface area (Å²) in [4.78, 5) is 16.4. The van der Waals surface area contributed by atoms with Gasteiger partial charge in [-0.15, -0.1) is 0 Å². The van der Waals surface area contributed by atoms with E-state index in [0.29, 0.717) is 12.5 Å². The minimum absolute atomic E-state index is 0.186. The quantitative estimate of drug-likeness (QED) is 0.758. The second-order valence-corrected chi connectivity index (χ2v) is 6.05. The lowest BCUT2D eigenvalue weighted by Crippen LogP contribution is -2.52. The Bertz CT molecular complexity index is 317. The van der Waals surface area contributed by atoms with Gasteiger partial charge in [0.2, 0.25) is 5.91 Å². The van der Waals surface area contributed by atoms with E-state index in [9.17, 15) is 9.90 Å². The highest BCUT2D eigenvalue weighted by molar-refractivity contribution is 5.79. The number of carbonyl (C=O) groups excluding carboxylic acids is 1. The van der Waals surface area contributed by atoms with Crippen molar-refractivity contribution in [2.45, 2.75) is 32.3 Å². The van der Waals surface area contributed by atoms with Gasteiger partial charge in [0, 0.05) is 38.6 Å². The lowest BCUT2D eigenvalue weighted by atomic mass is 10.0. The van der Waals surface area contributed by atoms with Crippen LogP contribution in [-0.4, -0.2) is 59.1 Å². The molecule has 0 aromatic rings. The summed E-state index contributed by atoms with van der Waals surface area (Å²) in [5.41, 5.74) is -0.651. The van der Waals surface area contributed by atoms with Crippen molar-refractivity contribution in [1.82, 2.24) is 9.80 Å². The zero-order valence-electron chi connectivity index (χ0n) is 11.4. The average Bonchev–Trinajstić information content (AvgIpc) is 2.80. The van der Waals surface area contributed by atoms with Crippen LogP contribution >= 0.6 is 0 Å². The fraction of sp³-hybridized carbons (Fsp3) is 0.786. The zero-order chi connectivity index (χ0) is 13.2. The third-order valence-corrected chi connectivity index (χ3v) is 3.65. The number of piperazine rings is 1. The molecular formula is C14H24N2O2. The van der Waals surface area contributed by atoms with E-state index in [1.807, 2.05) is 18.7 Å². The molecule has 1 heterocycles. The van der Waals surface area contributed by atoms with Gasteiger partial charge in [0.05, 0.1) is 5.60 Å². The molecule has 4 heteroatoms. The Kier molecular flexibility index (Phi) is 4.07. The SMILES string of the molecule is CC(C)(O)CN1CCN(C(=O)C2CC=CC2)CC1. The van der Waals surface area contributed by atoms with Crippen LogP contribution in [0.25, 0.3) is 0 Å². The number of hydrogen-bond acceptors (Lipinski definition) is 3. The van der Waals surface area contributed by atoms with Gasteiger partial charge >= 0.3 is 0 Å². The highest BCUT2D eigenvalue weighted by Gasteiger charge is 2.29. The Labute approximate surface area is 109 Å². The number of nitrogens with zero attached hydrogens (tertiary/aromatic N) is 2. The van der Waals surface area contributed by atoms with Crippen molar-refractivity contribution in [2.24, 2.45) is 5.92 Å². The van der Waals surface area contributed by atoms with E-state index in [1.165, 1.54) is 0 Å². The molecule has 0 aromatic heterocycles.